The highest BCUT2D eigenvalue weighted by molar-refractivity contribution is 6.67. The standard InChI is InChI=1S/C22H31Cl3N6O3/c1-4-33-10-8-27-7-9-31-19-11-17(6-5-16(19)13-28-31)29-20(12-18(26)15(2)3)30-21(32)34-14-22(23,24)25/h5-6,11,13,15,26-27H,4,7-10,12,14H2,1-3H3,(H,29,30,32). The number of amides is 1. The first-order chi connectivity index (χ1) is 16.1. The molecule has 188 valence electrons. The number of aliphatic imine (C=N–C) groups is 1. The fourth-order valence-electron chi connectivity index (χ4n) is 2.86. The van der Waals surface area contributed by atoms with Crippen molar-refractivity contribution in [3.05, 3.63) is 24.4 Å². The fourth-order valence-corrected chi connectivity index (χ4v) is 3.02. The van der Waals surface area contributed by atoms with E-state index in [1.165, 1.54) is 0 Å². The van der Waals surface area contributed by atoms with Crippen LogP contribution >= 0.6 is 34.8 Å². The first kappa shape index (κ1) is 28.3. The van der Waals surface area contributed by atoms with E-state index in [0.717, 1.165) is 24.0 Å². The first-order valence-corrected chi connectivity index (χ1v) is 12.1. The predicted octanol–water partition coefficient (Wildman–Crippen LogP) is 4.85. The van der Waals surface area contributed by atoms with Crippen LogP contribution in [0.5, 0.6) is 0 Å². The van der Waals surface area contributed by atoms with Gasteiger partial charge in [-0.1, -0.05) is 48.7 Å². The van der Waals surface area contributed by atoms with Gasteiger partial charge in [-0.3, -0.25) is 10.00 Å². The van der Waals surface area contributed by atoms with Gasteiger partial charge in [0.25, 0.3) is 0 Å². The van der Waals surface area contributed by atoms with Gasteiger partial charge in [0, 0.05) is 37.2 Å². The second-order valence-corrected chi connectivity index (χ2v) is 10.3. The Morgan fingerprint density at radius 1 is 1.29 bits per heavy atom. The summed E-state index contributed by atoms with van der Waals surface area (Å²) in [6.45, 7) is 8.90. The third kappa shape index (κ3) is 10.1. The van der Waals surface area contributed by atoms with E-state index in [-0.39, 0.29) is 18.2 Å². The van der Waals surface area contributed by atoms with Crippen LogP contribution in [0, 0.1) is 11.3 Å². The van der Waals surface area contributed by atoms with Gasteiger partial charge in [0.05, 0.1) is 30.6 Å². The highest BCUT2D eigenvalue weighted by atomic mass is 35.6. The lowest BCUT2D eigenvalue weighted by molar-refractivity contribution is 0.149. The minimum atomic E-state index is -1.72. The zero-order valence-corrected chi connectivity index (χ0v) is 21.8. The molecule has 2 aromatic rings. The van der Waals surface area contributed by atoms with Crippen molar-refractivity contribution in [2.24, 2.45) is 10.9 Å². The van der Waals surface area contributed by atoms with E-state index in [1.54, 1.807) is 6.20 Å². The molecule has 0 unspecified atom stereocenters. The third-order valence-corrected chi connectivity index (χ3v) is 5.02. The summed E-state index contributed by atoms with van der Waals surface area (Å²) in [6.07, 6.45) is 1.12. The smallest absolute Gasteiger partial charge is 0.412 e. The highest BCUT2D eigenvalue weighted by Crippen LogP contribution is 2.26. The molecule has 0 aliphatic carbocycles. The third-order valence-electron chi connectivity index (χ3n) is 4.69. The molecule has 1 aromatic heterocycles. The summed E-state index contributed by atoms with van der Waals surface area (Å²) in [5, 5.41) is 19.5. The molecule has 0 bridgehead atoms. The lowest BCUT2D eigenvalue weighted by Gasteiger charge is -2.14. The van der Waals surface area contributed by atoms with Gasteiger partial charge in [-0.2, -0.15) is 5.10 Å². The Balaban J connectivity index is 2.16. The van der Waals surface area contributed by atoms with Crippen molar-refractivity contribution in [2.75, 3.05) is 32.9 Å². The molecule has 9 nitrogen and oxygen atoms in total. The average molecular weight is 534 g/mol. The van der Waals surface area contributed by atoms with Crippen molar-refractivity contribution in [3.8, 4) is 0 Å². The van der Waals surface area contributed by atoms with E-state index in [1.807, 2.05) is 43.7 Å². The van der Waals surface area contributed by atoms with Crippen molar-refractivity contribution >= 4 is 69.0 Å². The summed E-state index contributed by atoms with van der Waals surface area (Å²) < 4.78 is 10.4. The Labute approximate surface area is 214 Å². The molecule has 0 saturated heterocycles. The summed E-state index contributed by atoms with van der Waals surface area (Å²) in [5.41, 5.74) is 1.92. The normalized spacial score (nSPS) is 12.4. The number of hydrogen-bond acceptors (Lipinski definition) is 7. The SMILES string of the molecule is CCOCCNCCn1ncc2ccc(N=C(CC(=N)C(C)C)NC(=O)OCC(Cl)(Cl)Cl)cc21. The molecule has 3 N–H and O–H groups in total. The molecule has 1 aromatic carbocycles. The predicted molar refractivity (Wildman–Crippen MR) is 138 cm³/mol. The van der Waals surface area contributed by atoms with Crippen molar-refractivity contribution in [2.45, 2.75) is 37.5 Å². The van der Waals surface area contributed by atoms with E-state index >= 15 is 0 Å². The number of nitrogens with one attached hydrogen (secondary N) is 3. The fraction of sp³-hybridized carbons (Fsp3) is 0.545. The number of benzene rings is 1. The minimum Gasteiger partial charge on any atom is -0.445 e. The summed E-state index contributed by atoms with van der Waals surface area (Å²) in [7, 11) is 0. The monoisotopic (exact) mass is 532 g/mol. The molecule has 0 spiro atoms. The van der Waals surface area contributed by atoms with Gasteiger partial charge in [0.2, 0.25) is 3.79 Å². The second-order valence-electron chi connectivity index (χ2n) is 7.79. The molecular formula is C22H31Cl3N6O3. The van der Waals surface area contributed by atoms with E-state index in [2.05, 4.69) is 20.7 Å². The number of alkyl carbamates (subject to hydrolysis) is 1. The summed E-state index contributed by atoms with van der Waals surface area (Å²) in [4.78, 5) is 16.7. The van der Waals surface area contributed by atoms with Gasteiger partial charge in [0.1, 0.15) is 12.4 Å². The lowest BCUT2D eigenvalue weighted by atomic mass is 10.1. The molecule has 1 heterocycles. The second kappa shape index (κ2) is 13.8. The van der Waals surface area contributed by atoms with Crippen molar-refractivity contribution in [1.82, 2.24) is 20.4 Å². The maximum Gasteiger partial charge on any atom is 0.412 e. The number of rotatable bonds is 12. The Bertz CT molecular complexity index is 988. The van der Waals surface area contributed by atoms with Gasteiger partial charge >= 0.3 is 6.09 Å². The van der Waals surface area contributed by atoms with Crippen LogP contribution in [0.3, 0.4) is 0 Å². The Kier molecular flexibility index (Phi) is 11.5. The van der Waals surface area contributed by atoms with E-state index in [0.29, 0.717) is 31.2 Å². The molecule has 2 rings (SSSR count). The number of nitrogens with zero attached hydrogens (tertiary/aromatic N) is 3. The molecule has 0 saturated carbocycles. The molecular weight excluding hydrogens is 503 g/mol. The maximum atomic E-state index is 12.2. The van der Waals surface area contributed by atoms with Crippen LogP contribution in [-0.2, 0) is 16.0 Å². The van der Waals surface area contributed by atoms with Crippen LogP contribution in [0.25, 0.3) is 10.9 Å². The van der Waals surface area contributed by atoms with Gasteiger partial charge in [-0.15, -0.1) is 0 Å². The van der Waals surface area contributed by atoms with Crippen LogP contribution in [0.15, 0.2) is 29.4 Å². The summed E-state index contributed by atoms with van der Waals surface area (Å²) >= 11 is 16.9. The van der Waals surface area contributed by atoms with E-state index in [4.69, 9.17) is 49.7 Å². The maximum absolute atomic E-state index is 12.2. The van der Waals surface area contributed by atoms with Gasteiger partial charge in [-0.25, -0.2) is 9.79 Å². The topological polar surface area (TPSA) is 114 Å². The molecule has 1 amide bonds. The number of aromatic nitrogens is 2. The molecule has 0 aliphatic rings. The Morgan fingerprint density at radius 3 is 2.74 bits per heavy atom. The Hall–Kier alpha value is -1.91. The van der Waals surface area contributed by atoms with Crippen LogP contribution in [0.4, 0.5) is 10.5 Å². The zero-order valence-electron chi connectivity index (χ0n) is 19.5. The van der Waals surface area contributed by atoms with E-state index < -0.39 is 16.5 Å². The van der Waals surface area contributed by atoms with E-state index in [9.17, 15) is 4.79 Å². The van der Waals surface area contributed by atoms with Crippen LogP contribution < -0.4 is 10.6 Å². The van der Waals surface area contributed by atoms with Crippen LogP contribution in [0.1, 0.15) is 27.2 Å². The van der Waals surface area contributed by atoms with Gasteiger partial charge in [0.15, 0.2) is 0 Å². The number of amidine groups is 1. The van der Waals surface area contributed by atoms with Gasteiger partial charge in [-0.05, 0) is 31.0 Å². The number of hydrogen-bond donors (Lipinski definition) is 3. The van der Waals surface area contributed by atoms with Gasteiger partial charge < -0.3 is 20.2 Å². The zero-order chi connectivity index (χ0) is 25.1. The molecule has 12 heteroatoms. The quantitative estimate of drug-likeness (QED) is 0.156. The number of halogens is 3. The minimum absolute atomic E-state index is 0.0108. The molecule has 0 radical (unpaired) electrons. The van der Waals surface area contributed by atoms with Crippen molar-refractivity contribution in [1.29, 1.82) is 5.41 Å². The summed E-state index contributed by atoms with van der Waals surface area (Å²) in [5.74, 6) is 0.249. The molecule has 34 heavy (non-hydrogen) atoms. The molecule has 0 atom stereocenters. The number of carbonyl (C=O) groups excluding carboxylic acids is 1. The molecule has 0 fully saturated rings. The van der Waals surface area contributed by atoms with Crippen molar-refractivity contribution < 1.29 is 14.3 Å². The summed E-state index contributed by atoms with van der Waals surface area (Å²) in [6, 6.07) is 5.62. The van der Waals surface area contributed by atoms with Crippen molar-refractivity contribution in [3.63, 3.8) is 0 Å². The largest absolute Gasteiger partial charge is 0.445 e. The lowest BCUT2D eigenvalue weighted by Crippen LogP contribution is -2.34. The Morgan fingerprint density at radius 2 is 2.06 bits per heavy atom. The number of fused-ring (bicyclic) bond motifs is 1. The first-order valence-electron chi connectivity index (χ1n) is 11.0. The number of alkyl halides is 3. The number of ether oxygens (including phenoxy) is 2. The van der Waals surface area contributed by atoms with Crippen LogP contribution in [-0.4, -0.2) is 64.1 Å². The average Bonchev–Trinajstić information content (AvgIpc) is 3.16. The molecule has 0 aliphatic heterocycles. The highest BCUT2D eigenvalue weighted by Gasteiger charge is 2.23. The van der Waals surface area contributed by atoms with Crippen LogP contribution in [0.2, 0.25) is 0 Å². The number of carbonyl (C=O) groups is 1.